The molecule has 0 N–H and O–H groups in total. The van der Waals surface area contributed by atoms with E-state index in [1.807, 2.05) is 13.0 Å². The van der Waals surface area contributed by atoms with E-state index in [4.69, 9.17) is 4.74 Å². The molecule has 0 amide bonds. The minimum atomic E-state index is -4.99. The second-order valence-corrected chi connectivity index (χ2v) is 4.31. The fourth-order valence-electron chi connectivity index (χ4n) is 1.67. The molecule has 0 aliphatic carbocycles. The Kier molecular flexibility index (Phi) is 6.74. The summed E-state index contributed by atoms with van der Waals surface area (Å²) in [7, 11) is 0. The first kappa shape index (κ1) is 17.7. The number of rotatable bonds is 4. The van der Waals surface area contributed by atoms with Crippen LogP contribution in [0.4, 0.5) is 12.9 Å². The van der Waals surface area contributed by atoms with Crippen LogP contribution in [0.5, 0.6) is 5.75 Å². The first-order valence-corrected chi connectivity index (χ1v) is 5.78. The fourth-order valence-corrected chi connectivity index (χ4v) is 1.67. The molecule has 0 aliphatic rings. The molecule has 100 valence electrons. The van der Waals surface area contributed by atoms with Crippen LogP contribution < -0.4 is 61.6 Å². The Hall–Kier alpha value is -0.339. The molecule has 0 spiro atoms. The molecule has 0 fully saturated rings. The van der Waals surface area contributed by atoms with Gasteiger partial charge in [0, 0.05) is 18.0 Å². The molecule has 7 heteroatoms. The van der Waals surface area contributed by atoms with Gasteiger partial charge in [-0.15, -0.1) is 5.46 Å². The molecule has 1 aromatic carbocycles. The number of benzene rings is 1. The Labute approximate surface area is 158 Å². The molecule has 0 aliphatic heterocycles. The zero-order valence-corrected chi connectivity index (χ0v) is 14.4. The van der Waals surface area contributed by atoms with Crippen LogP contribution in [-0.4, -0.2) is 12.0 Å². The van der Waals surface area contributed by atoms with Crippen molar-refractivity contribution in [1.82, 2.24) is 4.98 Å². The van der Waals surface area contributed by atoms with Gasteiger partial charge in [-0.2, -0.15) is 0 Å². The summed E-state index contributed by atoms with van der Waals surface area (Å²) in [4.78, 5) is 4.00. The smallest absolute Gasteiger partial charge is 0.489 e. The van der Waals surface area contributed by atoms with Crippen LogP contribution in [0.15, 0.2) is 42.7 Å². The molecule has 0 atom stereocenters. The average molecular weight is 305 g/mol. The zero-order valence-electron chi connectivity index (χ0n) is 11.3. The van der Waals surface area contributed by atoms with Crippen LogP contribution in [0.2, 0.25) is 0 Å². The average Bonchev–Trinajstić information content (AvgIpc) is 2.36. The Morgan fingerprint density at radius 2 is 1.90 bits per heavy atom. The van der Waals surface area contributed by atoms with E-state index >= 15 is 0 Å². The summed E-state index contributed by atoms with van der Waals surface area (Å²) in [5.74, 6) is 0.207. The van der Waals surface area contributed by atoms with Crippen molar-refractivity contribution in [2.75, 3.05) is 0 Å². The predicted molar refractivity (Wildman–Crippen MR) is 68.5 cm³/mol. The quantitative estimate of drug-likeness (QED) is 0.744. The number of aromatic nitrogens is 1. The van der Waals surface area contributed by atoms with Gasteiger partial charge in [0.1, 0.15) is 12.4 Å². The number of ether oxygens (including phenoxy) is 1. The topological polar surface area (TPSA) is 22.1 Å². The minimum Gasteiger partial charge on any atom is -0.489 e. The van der Waals surface area contributed by atoms with Crippen molar-refractivity contribution >= 4 is 12.4 Å². The van der Waals surface area contributed by atoms with Crippen LogP contribution >= 0.6 is 0 Å². The van der Waals surface area contributed by atoms with Crippen molar-refractivity contribution < 1.29 is 69.1 Å². The Balaban J connectivity index is 0.00000200. The molecule has 20 heavy (non-hydrogen) atoms. The molecule has 1 aromatic heterocycles. The number of halogens is 3. The SMILES string of the molecule is Cc1cncc(COc2cccc([B-](F)(F)F)c2)c1.[K+]. The van der Waals surface area contributed by atoms with Crippen LogP contribution in [0.25, 0.3) is 0 Å². The second kappa shape index (κ2) is 7.61. The Bertz CT molecular complexity index is 578. The van der Waals surface area contributed by atoms with Gasteiger partial charge >= 0.3 is 58.4 Å². The van der Waals surface area contributed by atoms with E-state index < -0.39 is 12.4 Å². The third-order valence-electron chi connectivity index (χ3n) is 2.57. The van der Waals surface area contributed by atoms with E-state index in [-0.39, 0.29) is 63.7 Å². The van der Waals surface area contributed by atoms with Gasteiger partial charge < -0.3 is 17.7 Å². The molecule has 2 nitrogen and oxygen atoms in total. The molecule has 0 saturated carbocycles. The minimum absolute atomic E-state index is 0. The van der Waals surface area contributed by atoms with Crippen molar-refractivity contribution in [3.05, 3.63) is 53.9 Å². The summed E-state index contributed by atoms with van der Waals surface area (Å²) in [5, 5.41) is 0. The van der Waals surface area contributed by atoms with E-state index in [0.29, 0.717) is 0 Å². The van der Waals surface area contributed by atoms with Crippen molar-refractivity contribution in [3.8, 4) is 5.75 Å². The van der Waals surface area contributed by atoms with E-state index in [2.05, 4.69) is 4.98 Å². The van der Waals surface area contributed by atoms with E-state index in [9.17, 15) is 12.9 Å². The van der Waals surface area contributed by atoms with Crippen molar-refractivity contribution in [2.45, 2.75) is 13.5 Å². The van der Waals surface area contributed by atoms with Crippen molar-refractivity contribution in [1.29, 1.82) is 0 Å². The fraction of sp³-hybridized carbons (Fsp3) is 0.154. The standard InChI is InChI=1S/C13H12BF3NO.K/c1-10-5-11(8-18-7-10)9-19-13-4-2-3-12(6-13)14(15,16)17;/h2-8H,9H2,1H3;/q-1;+1. The largest absolute Gasteiger partial charge is 1.00 e. The van der Waals surface area contributed by atoms with Crippen LogP contribution in [0.1, 0.15) is 11.1 Å². The predicted octanol–water partition coefficient (Wildman–Crippen LogP) is 0.0274. The molecule has 0 unspecified atom stereocenters. The van der Waals surface area contributed by atoms with Gasteiger partial charge in [0.15, 0.2) is 0 Å². The molecule has 1 heterocycles. The van der Waals surface area contributed by atoms with Gasteiger partial charge in [-0.1, -0.05) is 12.1 Å². The molecule has 0 bridgehead atoms. The number of nitrogens with zero attached hydrogens (tertiary/aromatic N) is 1. The Morgan fingerprint density at radius 1 is 1.15 bits per heavy atom. The van der Waals surface area contributed by atoms with Crippen molar-refractivity contribution in [2.24, 2.45) is 0 Å². The maximum atomic E-state index is 12.6. The van der Waals surface area contributed by atoms with Gasteiger partial charge in [0.05, 0.1) is 0 Å². The van der Waals surface area contributed by atoms with Gasteiger partial charge in [-0.25, -0.2) is 0 Å². The number of hydrogen-bond donors (Lipinski definition) is 0. The first-order valence-electron chi connectivity index (χ1n) is 5.78. The maximum absolute atomic E-state index is 12.6. The molecular formula is C13H12BF3KNO. The molecule has 0 saturated heterocycles. The third kappa shape index (κ3) is 5.22. The molecule has 2 aromatic rings. The summed E-state index contributed by atoms with van der Waals surface area (Å²) >= 11 is 0. The van der Waals surface area contributed by atoms with E-state index in [1.165, 1.54) is 12.1 Å². The molecular weight excluding hydrogens is 293 g/mol. The Morgan fingerprint density at radius 3 is 2.55 bits per heavy atom. The van der Waals surface area contributed by atoms with Gasteiger partial charge in [0.25, 0.3) is 0 Å². The summed E-state index contributed by atoms with van der Waals surface area (Å²) in [6.45, 7) is -2.91. The van der Waals surface area contributed by atoms with Gasteiger partial charge in [-0.05, 0) is 30.7 Å². The van der Waals surface area contributed by atoms with Crippen LogP contribution in [-0.2, 0) is 6.61 Å². The number of aryl methyl sites for hydroxylation is 1. The number of pyridine rings is 1. The second-order valence-electron chi connectivity index (χ2n) is 4.31. The monoisotopic (exact) mass is 305 g/mol. The van der Waals surface area contributed by atoms with E-state index in [0.717, 1.165) is 23.3 Å². The zero-order chi connectivity index (χ0) is 13.9. The summed E-state index contributed by atoms with van der Waals surface area (Å²) in [6, 6.07) is 6.79. The van der Waals surface area contributed by atoms with Crippen LogP contribution in [0.3, 0.4) is 0 Å². The molecule has 0 radical (unpaired) electrons. The van der Waals surface area contributed by atoms with Crippen molar-refractivity contribution in [3.63, 3.8) is 0 Å². The number of hydrogen-bond acceptors (Lipinski definition) is 2. The molecule has 2 rings (SSSR count). The van der Waals surface area contributed by atoms with Gasteiger partial charge in [-0.3, -0.25) is 4.98 Å². The summed E-state index contributed by atoms with van der Waals surface area (Å²) < 4.78 is 43.1. The maximum Gasteiger partial charge on any atom is 1.00 e. The van der Waals surface area contributed by atoms with E-state index in [1.54, 1.807) is 12.4 Å². The first-order chi connectivity index (χ1) is 8.95. The summed E-state index contributed by atoms with van der Waals surface area (Å²) in [6.07, 6.45) is 3.33. The third-order valence-corrected chi connectivity index (χ3v) is 2.57. The van der Waals surface area contributed by atoms with Gasteiger partial charge in [0.2, 0.25) is 0 Å². The summed E-state index contributed by atoms with van der Waals surface area (Å²) in [5.41, 5.74) is 1.15. The van der Waals surface area contributed by atoms with Crippen LogP contribution in [0, 0.1) is 6.92 Å². The normalized spacial score (nSPS) is 10.8.